The molecule has 0 aliphatic carbocycles. The molecule has 0 aliphatic heterocycles. The van der Waals surface area contributed by atoms with Crippen LogP contribution < -0.4 is 10.1 Å². The van der Waals surface area contributed by atoms with Crippen molar-refractivity contribution >= 4 is 23.2 Å². The highest BCUT2D eigenvalue weighted by Gasteiger charge is 2.16. The fourth-order valence-corrected chi connectivity index (χ4v) is 1.51. The zero-order chi connectivity index (χ0) is 13.8. The molecule has 0 unspecified atom stereocenters. The largest absolute Gasteiger partial charge is 0.432 e. The lowest BCUT2D eigenvalue weighted by molar-refractivity contribution is -0.385. The number of nitrogens with zero attached hydrogens (tertiary/aromatic N) is 3. The highest BCUT2D eigenvalue weighted by atomic mass is 35.5. The van der Waals surface area contributed by atoms with Gasteiger partial charge in [0.15, 0.2) is 0 Å². The van der Waals surface area contributed by atoms with E-state index >= 15 is 0 Å². The third-order valence-electron chi connectivity index (χ3n) is 2.19. The smallest absolute Gasteiger partial charge is 0.311 e. The van der Waals surface area contributed by atoms with E-state index in [1.807, 2.05) is 0 Å². The second kappa shape index (κ2) is 5.49. The van der Waals surface area contributed by atoms with E-state index in [9.17, 15) is 10.1 Å². The quantitative estimate of drug-likeness (QED) is 0.684. The van der Waals surface area contributed by atoms with Gasteiger partial charge in [0, 0.05) is 36.5 Å². The van der Waals surface area contributed by atoms with Crippen LogP contribution in [-0.2, 0) is 0 Å². The van der Waals surface area contributed by atoms with Crippen LogP contribution >= 0.6 is 11.6 Å². The van der Waals surface area contributed by atoms with Crippen LogP contribution in [0.15, 0.2) is 30.5 Å². The van der Waals surface area contributed by atoms with Gasteiger partial charge in [0.1, 0.15) is 0 Å². The predicted octanol–water partition coefficient (Wildman–Crippen LogP) is 2.87. The standard InChI is InChI=1S/C11H9ClN4O3/c1-13-11-14-5-4-10(15-11)19-9-6-7(12)2-3-8(9)16(17)18/h2-6H,1H3,(H,13,14,15). The zero-order valence-electron chi connectivity index (χ0n) is 9.83. The molecular weight excluding hydrogens is 272 g/mol. The molecule has 1 N–H and O–H groups in total. The fraction of sp³-hybridized carbons (Fsp3) is 0.0909. The second-order valence-electron chi connectivity index (χ2n) is 3.44. The molecule has 19 heavy (non-hydrogen) atoms. The van der Waals surface area contributed by atoms with Crippen molar-refractivity contribution in [1.82, 2.24) is 9.97 Å². The van der Waals surface area contributed by atoms with Crippen LogP contribution in [0.1, 0.15) is 0 Å². The molecular formula is C11H9ClN4O3. The molecule has 98 valence electrons. The molecule has 0 spiro atoms. The van der Waals surface area contributed by atoms with Crippen molar-refractivity contribution in [2.75, 3.05) is 12.4 Å². The van der Waals surface area contributed by atoms with Gasteiger partial charge in [0.05, 0.1) is 4.92 Å². The number of nitrogens with one attached hydrogen (secondary N) is 1. The van der Waals surface area contributed by atoms with E-state index in [0.29, 0.717) is 11.0 Å². The minimum atomic E-state index is -0.550. The van der Waals surface area contributed by atoms with E-state index in [-0.39, 0.29) is 17.3 Å². The number of nitro benzene ring substituents is 1. The average molecular weight is 281 g/mol. The van der Waals surface area contributed by atoms with Crippen molar-refractivity contribution in [1.29, 1.82) is 0 Å². The number of nitro groups is 1. The topological polar surface area (TPSA) is 90.2 Å². The molecule has 0 radical (unpaired) electrons. The lowest BCUT2D eigenvalue weighted by Gasteiger charge is -2.06. The Balaban J connectivity index is 2.36. The van der Waals surface area contributed by atoms with Crippen molar-refractivity contribution in [3.8, 4) is 11.6 Å². The number of ether oxygens (including phenoxy) is 1. The Morgan fingerprint density at radius 2 is 2.21 bits per heavy atom. The summed E-state index contributed by atoms with van der Waals surface area (Å²) >= 11 is 5.80. The molecule has 0 aliphatic rings. The van der Waals surface area contributed by atoms with Gasteiger partial charge < -0.3 is 10.1 Å². The Bertz CT molecular complexity index is 621. The molecule has 0 saturated heterocycles. The first kappa shape index (κ1) is 13.0. The Labute approximate surface area is 113 Å². The SMILES string of the molecule is CNc1nccc(Oc2cc(Cl)ccc2[N+](=O)[O-])n1. The summed E-state index contributed by atoms with van der Waals surface area (Å²) in [6, 6.07) is 5.55. The molecule has 1 heterocycles. The first-order valence-corrected chi connectivity index (χ1v) is 5.60. The van der Waals surface area contributed by atoms with E-state index in [1.54, 1.807) is 7.05 Å². The summed E-state index contributed by atoms with van der Waals surface area (Å²) < 4.78 is 5.38. The Morgan fingerprint density at radius 3 is 2.89 bits per heavy atom. The fourth-order valence-electron chi connectivity index (χ4n) is 1.35. The van der Waals surface area contributed by atoms with Gasteiger partial charge in [-0.05, 0) is 6.07 Å². The third kappa shape index (κ3) is 3.08. The summed E-state index contributed by atoms with van der Waals surface area (Å²) in [5, 5.41) is 14.0. The van der Waals surface area contributed by atoms with Crippen LogP contribution in [0.4, 0.5) is 11.6 Å². The molecule has 1 aromatic carbocycles. The number of hydrogen-bond donors (Lipinski definition) is 1. The minimum Gasteiger partial charge on any atom is -0.432 e. The van der Waals surface area contributed by atoms with Crippen LogP contribution in [0.3, 0.4) is 0 Å². The first-order chi connectivity index (χ1) is 9.10. The Kier molecular flexibility index (Phi) is 3.76. The molecule has 1 aromatic heterocycles. The van der Waals surface area contributed by atoms with Gasteiger partial charge in [-0.2, -0.15) is 4.98 Å². The van der Waals surface area contributed by atoms with Crippen molar-refractivity contribution in [3.63, 3.8) is 0 Å². The van der Waals surface area contributed by atoms with E-state index in [2.05, 4.69) is 15.3 Å². The molecule has 0 atom stereocenters. The summed E-state index contributed by atoms with van der Waals surface area (Å²) in [6.45, 7) is 0. The van der Waals surface area contributed by atoms with Gasteiger partial charge in [-0.3, -0.25) is 10.1 Å². The van der Waals surface area contributed by atoms with Crippen LogP contribution in [0.5, 0.6) is 11.6 Å². The van der Waals surface area contributed by atoms with E-state index in [0.717, 1.165) is 0 Å². The molecule has 0 amide bonds. The van der Waals surface area contributed by atoms with Crippen molar-refractivity contribution in [2.24, 2.45) is 0 Å². The van der Waals surface area contributed by atoms with E-state index in [1.165, 1.54) is 30.5 Å². The van der Waals surface area contributed by atoms with Crippen molar-refractivity contribution in [2.45, 2.75) is 0 Å². The number of benzene rings is 1. The van der Waals surface area contributed by atoms with E-state index in [4.69, 9.17) is 16.3 Å². The highest BCUT2D eigenvalue weighted by Crippen LogP contribution is 2.33. The number of rotatable bonds is 4. The molecule has 2 rings (SSSR count). The van der Waals surface area contributed by atoms with Crippen molar-refractivity contribution in [3.05, 3.63) is 45.6 Å². The summed E-state index contributed by atoms with van der Waals surface area (Å²) in [5.74, 6) is 0.560. The monoisotopic (exact) mass is 280 g/mol. The van der Waals surface area contributed by atoms with Crippen LogP contribution in [-0.4, -0.2) is 21.9 Å². The summed E-state index contributed by atoms with van der Waals surface area (Å²) in [7, 11) is 1.65. The molecule has 7 nitrogen and oxygen atoms in total. The zero-order valence-corrected chi connectivity index (χ0v) is 10.6. The van der Waals surface area contributed by atoms with Gasteiger partial charge in [0.25, 0.3) is 0 Å². The molecule has 2 aromatic rings. The van der Waals surface area contributed by atoms with E-state index < -0.39 is 4.92 Å². The van der Waals surface area contributed by atoms with Crippen LogP contribution in [0.25, 0.3) is 0 Å². The molecule has 0 fully saturated rings. The van der Waals surface area contributed by atoms with Gasteiger partial charge in [0.2, 0.25) is 17.6 Å². The Morgan fingerprint density at radius 1 is 1.42 bits per heavy atom. The maximum Gasteiger partial charge on any atom is 0.311 e. The number of anilines is 1. The molecule has 8 heteroatoms. The summed E-state index contributed by atoms with van der Waals surface area (Å²) in [4.78, 5) is 18.3. The lowest BCUT2D eigenvalue weighted by atomic mass is 10.3. The third-order valence-corrected chi connectivity index (χ3v) is 2.42. The first-order valence-electron chi connectivity index (χ1n) is 5.23. The molecule has 0 bridgehead atoms. The van der Waals surface area contributed by atoms with Gasteiger partial charge in [-0.25, -0.2) is 4.98 Å². The van der Waals surface area contributed by atoms with Gasteiger partial charge in [-0.1, -0.05) is 11.6 Å². The highest BCUT2D eigenvalue weighted by molar-refractivity contribution is 6.30. The van der Waals surface area contributed by atoms with Gasteiger partial charge in [-0.15, -0.1) is 0 Å². The second-order valence-corrected chi connectivity index (χ2v) is 3.88. The summed E-state index contributed by atoms with van der Waals surface area (Å²) in [5.41, 5.74) is -0.186. The summed E-state index contributed by atoms with van der Waals surface area (Å²) in [6.07, 6.45) is 1.48. The molecule has 0 saturated carbocycles. The number of halogens is 1. The maximum absolute atomic E-state index is 10.9. The lowest BCUT2D eigenvalue weighted by Crippen LogP contribution is -1.98. The van der Waals surface area contributed by atoms with Crippen molar-refractivity contribution < 1.29 is 9.66 Å². The van der Waals surface area contributed by atoms with Gasteiger partial charge >= 0.3 is 5.69 Å². The van der Waals surface area contributed by atoms with Crippen LogP contribution in [0, 0.1) is 10.1 Å². The Hall–Kier alpha value is -2.41. The maximum atomic E-state index is 10.9. The number of aromatic nitrogens is 2. The average Bonchev–Trinajstić information content (AvgIpc) is 2.38. The normalized spacial score (nSPS) is 10.0. The number of hydrogen-bond acceptors (Lipinski definition) is 6. The minimum absolute atomic E-state index is 0.0262. The van der Waals surface area contributed by atoms with Crippen LogP contribution in [0.2, 0.25) is 5.02 Å². The predicted molar refractivity (Wildman–Crippen MR) is 69.8 cm³/mol.